The van der Waals surface area contributed by atoms with E-state index in [1.165, 1.54) is 12.8 Å². The molecule has 5 rings (SSSR count). The van der Waals surface area contributed by atoms with E-state index in [9.17, 15) is 4.79 Å². The second kappa shape index (κ2) is 6.89. The first-order valence-electron chi connectivity index (χ1n) is 9.99. The van der Waals surface area contributed by atoms with Crippen molar-refractivity contribution in [2.24, 2.45) is 5.92 Å². The molecule has 1 aromatic carbocycles. The van der Waals surface area contributed by atoms with Crippen molar-refractivity contribution in [2.75, 3.05) is 31.1 Å². The van der Waals surface area contributed by atoms with Crippen LogP contribution < -0.4 is 4.90 Å². The lowest BCUT2D eigenvalue weighted by Crippen LogP contribution is -2.49. The van der Waals surface area contributed by atoms with Crippen molar-refractivity contribution in [3.63, 3.8) is 0 Å². The zero-order chi connectivity index (χ0) is 19.1. The molecule has 28 heavy (non-hydrogen) atoms. The molecule has 2 aliphatic heterocycles. The Hall–Kier alpha value is -2.96. The van der Waals surface area contributed by atoms with E-state index in [0.29, 0.717) is 24.8 Å². The summed E-state index contributed by atoms with van der Waals surface area (Å²) in [5.41, 5.74) is 2.72. The largest absolute Gasteiger partial charge is 0.355 e. The SMILES string of the molecule is CC1CCCN(c2nccnc2C2CN(C(=O)c3nc4ccccc4[nH]3)C2)C1. The molecule has 3 aromatic rings. The summed E-state index contributed by atoms with van der Waals surface area (Å²) in [4.78, 5) is 33.8. The van der Waals surface area contributed by atoms with Gasteiger partial charge in [-0.25, -0.2) is 9.97 Å². The molecule has 0 saturated carbocycles. The summed E-state index contributed by atoms with van der Waals surface area (Å²) in [6.45, 7) is 5.67. The van der Waals surface area contributed by atoms with E-state index in [4.69, 9.17) is 0 Å². The summed E-state index contributed by atoms with van der Waals surface area (Å²) in [7, 11) is 0. The van der Waals surface area contributed by atoms with Crippen molar-refractivity contribution < 1.29 is 4.79 Å². The number of amides is 1. The lowest BCUT2D eigenvalue weighted by molar-refractivity contribution is 0.0587. The summed E-state index contributed by atoms with van der Waals surface area (Å²) < 4.78 is 0. The smallest absolute Gasteiger partial charge is 0.289 e. The van der Waals surface area contributed by atoms with Crippen molar-refractivity contribution in [3.8, 4) is 0 Å². The average Bonchev–Trinajstić information content (AvgIpc) is 3.11. The number of benzene rings is 1. The molecule has 0 radical (unpaired) electrons. The third kappa shape index (κ3) is 3.00. The van der Waals surface area contributed by atoms with Crippen molar-refractivity contribution in [3.05, 3.63) is 48.2 Å². The number of rotatable bonds is 3. The minimum atomic E-state index is -0.0514. The monoisotopic (exact) mass is 376 g/mol. The van der Waals surface area contributed by atoms with Gasteiger partial charge in [-0.05, 0) is 30.9 Å². The van der Waals surface area contributed by atoms with Gasteiger partial charge in [0.05, 0.1) is 16.7 Å². The van der Waals surface area contributed by atoms with E-state index in [-0.39, 0.29) is 11.8 Å². The first-order chi connectivity index (χ1) is 13.7. The Balaban J connectivity index is 1.31. The number of nitrogens with zero attached hydrogens (tertiary/aromatic N) is 5. The molecule has 0 spiro atoms. The van der Waals surface area contributed by atoms with Gasteiger partial charge in [0.15, 0.2) is 11.6 Å². The maximum absolute atomic E-state index is 12.8. The maximum atomic E-state index is 12.8. The Morgan fingerprint density at radius 1 is 1.14 bits per heavy atom. The van der Waals surface area contributed by atoms with Gasteiger partial charge >= 0.3 is 0 Å². The molecule has 2 saturated heterocycles. The van der Waals surface area contributed by atoms with Crippen LogP contribution in [0.3, 0.4) is 0 Å². The van der Waals surface area contributed by atoms with Crippen molar-refractivity contribution in [1.29, 1.82) is 0 Å². The van der Waals surface area contributed by atoms with E-state index < -0.39 is 0 Å². The minimum Gasteiger partial charge on any atom is -0.355 e. The number of nitrogens with one attached hydrogen (secondary N) is 1. The lowest BCUT2D eigenvalue weighted by atomic mass is 9.94. The number of carbonyl (C=O) groups excluding carboxylic acids is 1. The first kappa shape index (κ1) is 17.2. The number of aromatic nitrogens is 4. The highest BCUT2D eigenvalue weighted by Gasteiger charge is 2.37. The Kier molecular flexibility index (Phi) is 4.22. The number of likely N-dealkylation sites (tertiary alicyclic amines) is 1. The number of piperidine rings is 1. The van der Waals surface area contributed by atoms with E-state index in [1.54, 1.807) is 12.4 Å². The second-order valence-corrected chi connectivity index (χ2v) is 7.97. The van der Waals surface area contributed by atoms with E-state index in [2.05, 4.69) is 31.8 Å². The first-order valence-corrected chi connectivity index (χ1v) is 9.99. The van der Waals surface area contributed by atoms with E-state index >= 15 is 0 Å². The summed E-state index contributed by atoms with van der Waals surface area (Å²) >= 11 is 0. The molecule has 1 atom stereocenters. The second-order valence-electron chi connectivity index (χ2n) is 7.97. The van der Waals surface area contributed by atoms with Gasteiger partial charge in [-0.3, -0.25) is 9.78 Å². The van der Waals surface area contributed by atoms with Crippen LogP contribution in [0.25, 0.3) is 11.0 Å². The fourth-order valence-electron chi connectivity index (χ4n) is 4.28. The van der Waals surface area contributed by atoms with Crippen LogP contribution in [0.1, 0.15) is 42.0 Å². The minimum absolute atomic E-state index is 0.0514. The Morgan fingerprint density at radius 2 is 1.96 bits per heavy atom. The van der Waals surface area contributed by atoms with Gasteiger partial charge in [-0.1, -0.05) is 19.1 Å². The molecule has 2 aliphatic rings. The van der Waals surface area contributed by atoms with Crippen LogP contribution >= 0.6 is 0 Å². The average molecular weight is 376 g/mol. The van der Waals surface area contributed by atoms with Crippen LogP contribution in [-0.2, 0) is 0 Å². The quantitative estimate of drug-likeness (QED) is 0.760. The van der Waals surface area contributed by atoms with Crippen LogP contribution in [0.4, 0.5) is 5.82 Å². The van der Waals surface area contributed by atoms with Crippen molar-refractivity contribution in [2.45, 2.75) is 25.7 Å². The molecule has 0 bridgehead atoms. The normalized spacial score (nSPS) is 20.4. The van der Waals surface area contributed by atoms with Gasteiger partial charge < -0.3 is 14.8 Å². The lowest BCUT2D eigenvalue weighted by Gasteiger charge is -2.40. The predicted octanol–water partition coefficient (Wildman–Crippen LogP) is 2.83. The molecule has 1 N–H and O–H groups in total. The molecule has 144 valence electrons. The van der Waals surface area contributed by atoms with Crippen LogP contribution in [-0.4, -0.2) is 56.9 Å². The van der Waals surface area contributed by atoms with Crippen LogP contribution in [0.5, 0.6) is 0 Å². The zero-order valence-electron chi connectivity index (χ0n) is 16.0. The topological polar surface area (TPSA) is 78.0 Å². The highest BCUT2D eigenvalue weighted by molar-refractivity contribution is 5.94. The highest BCUT2D eigenvalue weighted by Crippen LogP contribution is 2.33. The zero-order valence-corrected chi connectivity index (χ0v) is 16.0. The van der Waals surface area contributed by atoms with Crippen molar-refractivity contribution >= 4 is 22.8 Å². The molecule has 0 aliphatic carbocycles. The number of hydrogen-bond donors (Lipinski definition) is 1. The van der Waals surface area contributed by atoms with Gasteiger partial charge in [0.25, 0.3) is 5.91 Å². The van der Waals surface area contributed by atoms with Crippen LogP contribution in [0.2, 0.25) is 0 Å². The fraction of sp³-hybridized carbons (Fsp3) is 0.429. The summed E-state index contributed by atoms with van der Waals surface area (Å²) in [6.07, 6.45) is 6.00. The third-order valence-corrected chi connectivity index (χ3v) is 5.81. The van der Waals surface area contributed by atoms with Gasteiger partial charge in [-0.15, -0.1) is 0 Å². The number of H-pyrrole nitrogens is 1. The predicted molar refractivity (Wildman–Crippen MR) is 107 cm³/mol. The molecular weight excluding hydrogens is 352 g/mol. The van der Waals surface area contributed by atoms with E-state index in [1.807, 2.05) is 29.2 Å². The molecule has 7 heteroatoms. The maximum Gasteiger partial charge on any atom is 0.289 e. The number of anilines is 1. The van der Waals surface area contributed by atoms with Gasteiger partial charge in [0.2, 0.25) is 0 Å². The number of imidazole rings is 1. The molecule has 2 aromatic heterocycles. The summed E-state index contributed by atoms with van der Waals surface area (Å²) in [6, 6.07) is 7.70. The van der Waals surface area contributed by atoms with Crippen LogP contribution in [0, 0.1) is 5.92 Å². The number of fused-ring (bicyclic) bond motifs is 1. The standard InChI is InChI=1S/C21H24N6O/c1-14-5-4-10-26(11-14)20-18(22-8-9-23-20)15-12-27(13-15)21(28)19-24-16-6-2-3-7-17(16)25-19/h2-3,6-9,14-15H,4-5,10-13H2,1H3,(H,24,25). The third-order valence-electron chi connectivity index (χ3n) is 5.81. The number of aromatic amines is 1. The Bertz CT molecular complexity index is 976. The number of hydrogen-bond acceptors (Lipinski definition) is 5. The van der Waals surface area contributed by atoms with Crippen LogP contribution in [0.15, 0.2) is 36.7 Å². The molecule has 2 fully saturated rings. The number of para-hydroxylation sites is 2. The van der Waals surface area contributed by atoms with Crippen molar-refractivity contribution in [1.82, 2.24) is 24.8 Å². The van der Waals surface area contributed by atoms with Gasteiger partial charge in [0, 0.05) is 44.5 Å². The molecule has 7 nitrogen and oxygen atoms in total. The van der Waals surface area contributed by atoms with E-state index in [0.717, 1.165) is 35.6 Å². The number of carbonyl (C=O) groups is 1. The summed E-state index contributed by atoms with van der Waals surface area (Å²) in [5.74, 6) is 2.26. The Labute approximate surface area is 163 Å². The molecule has 4 heterocycles. The van der Waals surface area contributed by atoms with Gasteiger partial charge in [-0.2, -0.15) is 0 Å². The molecule has 1 unspecified atom stereocenters. The molecular formula is C21H24N6O. The van der Waals surface area contributed by atoms with Gasteiger partial charge in [0.1, 0.15) is 0 Å². The Morgan fingerprint density at radius 3 is 2.79 bits per heavy atom. The summed E-state index contributed by atoms with van der Waals surface area (Å²) in [5, 5.41) is 0. The fourth-order valence-corrected chi connectivity index (χ4v) is 4.28. The highest BCUT2D eigenvalue weighted by atomic mass is 16.2. The molecule has 1 amide bonds.